The minimum atomic E-state index is -3.49. The Morgan fingerprint density at radius 2 is 1.95 bits per heavy atom. The molecule has 1 saturated carbocycles. The number of rotatable bonds is 4. The molecule has 0 spiro atoms. The number of amides is 1. The van der Waals surface area contributed by atoms with Crippen LogP contribution in [0.5, 0.6) is 0 Å². The summed E-state index contributed by atoms with van der Waals surface area (Å²) in [6, 6.07) is 4.81. The second-order valence-electron chi connectivity index (χ2n) is 5.90. The zero-order valence-electron chi connectivity index (χ0n) is 11.9. The lowest BCUT2D eigenvalue weighted by atomic mass is 9.90. The van der Waals surface area contributed by atoms with Crippen LogP contribution >= 0.6 is 0 Å². The van der Waals surface area contributed by atoms with Gasteiger partial charge in [-0.2, -0.15) is 0 Å². The zero-order valence-corrected chi connectivity index (χ0v) is 12.7. The van der Waals surface area contributed by atoms with Gasteiger partial charge in [0.2, 0.25) is 15.9 Å². The maximum atomic E-state index is 12.3. The van der Waals surface area contributed by atoms with E-state index >= 15 is 0 Å². The fraction of sp³-hybridized carbons (Fsp3) is 0.533. The van der Waals surface area contributed by atoms with Gasteiger partial charge in [0.05, 0.1) is 11.3 Å². The Labute approximate surface area is 125 Å². The molecule has 0 unspecified atom stereocenters. The van der Waals surface area contributed by atoms with Crippen molar-refractivity contribution in [2.45, 2.75) is 43.4 Å². The van der Waals surface area contributed by atoms with Gasteiger partial charge in [0.1, 0.15) is 0 Å². The summed E-state index contributed by atoms with van der Waals surface area (Å²) < 4.78 is 27.4. The van der Waals surface area contributed by atoms with Crippen LogP contribution < -0.4 is 10.0 Å². The topological polar surface area (TPSA) is 75.3 Å². The first-order chi connectivity index (χ1) is 10.0. The van der Waals surface area contributed by atoms with Crippen LogP contribution in [0.25, 0.3) is 0 Å². The van der Waals surface area contributed by atoms with Crippen molar-refractivity contribution in [1.29, 1.82) is 0 Å². The Kier molecular flexibility index (Phi) is 3.99. The summed E-state index contributed by atoms with van der Waals surface area (Å²) in [6.45, 7) is 0.511. The fourth-order valence-electron chi connectivity index (χ4n) is 3.07. The van der Waals surface area contributed by atoms with Gasteiger partial charge in [0, 0.05) is 12.2 Å². The van der Waals surface area contributed by atoms with Crippen molar-refractivity contribution in [1.82, 2.24) is 4.72 Å². The van der Waals surface area contributed by atoms with Gasteiger partial charge in [0.25, 0.3) is 0 Å². The first-order valence-corrected chi connectivity index (χ1v) is 8.95. The second-order valence-corrected chi connectivity index (χ2v) is 7.67. The Hall–Kier alpha value is -1.40. The van der Waals surface area contributed by atoms with E-state index in [2.05, 4.69) is 10.0 Å². The largest absolute Gasteiger partial charge is 0.326 e. The van der Waals surface area contributed by atoms with Crippen LogP contribution in [0.3, 0.4) is 0 Å². The van der Waals surface area contributed by atoms with E-state index in [0.29, 0.717) is 18.2 Å². The van der Waals surface area contributed by atoms with Crippen LogP contribution in [-0.2, 0) is 21.2 Å². The van der Waals surface area contributed by atoms with Gasteiger partial charge in [-0.25, -0.2) is 13.1 Å². The molecule has 21 heavy (non-hydrogen) atoms. The summed E-state index contributed by atoms with van der Waals surface area (Å²) in [5.74, 6) is 0.362. The Bertz CT molecular complexity index is 649. The molecule has 6 heteroatoms. The molecule has 3 rings (SSSR count). The van der Waals surface area contributed by atoms with Crippen LogP contribution in [0.4, 0.5) is 5.69 Å². The summed E-state index contributed by atoms with van der Waals surface area (Å²) >= 11 is 0. The van der Waals surface area contributed by atoms with E-state index in [4.69, 9.17) is 0 Å². The number of hydrogen-bond donors (Lipinski definition) is 2. The highest BCUT2D eigenvalue weighted by atomic mass is 32.2. The Balaban J connectivity index is 1.70. The van der Waals surface area contributed by atoms with E-state index in [-0.39, 0.29) is 17.2 Å². The second kappa shape index (κ2) is 5.77. The maximum Gasteiger partial charge on any atom is 0.240 e. The number of hydrogen-bond acceptors (Lipinski definition) is 3. The normalized spacial score (nSPS) is 19.3. The average molecular weight is 308 g/mol. The molecule has 1 amide bonds. The van der Waals surface area contributed by atoms with E-state index in [1.807, 2.05) is 0 Å². The highest BCUT2D eigenvalue weighted by Gasteiger charge is 2.23. The smallest absolute Gasteiger partial charge is 0.240 e. The summed E-state index contributed by atoms with van der Waals surface area (Å²) in [7, 11) is -3.49. The average Bonchev–Trinajstić information content (AvgIpc) is 2.85. The first kappa shape index (κ1) is 14.5. The van der Waals surface area contributed by atoms with E-state index in [1.54, 1.807) is 18.2 Å². The third kappa shape index (κ3) is 3.27. The summed E-state index contributed by atoms with van der Waals surface area (Å²) in [5.41, 5.74) is 1.46. The quantitative estimate of drug-likeness (QED) is 0.894. The first-order valence-electron chi connectivity index (χ1n) is 7.47. The van der Waals surface area contributed by atoms with Crippen molar-refractivity contribution in [3.63, 3.8) is 0 Å². The van der Waals surface area contributed by atoms with Crippen LogP contribution in [0, 0.1) is 5.92 Å². The van der Waals surface area contributed by atoms with Crippen LogP contribution in [-0.4, -0.2) is 20.9 Å². The van der Waals surface area contributed by atoms with Gasteiger partial charge in [-0.15, -0.1) is 0 Å². The number of anilines is 1. The van der Waals surface area contributed by atoms with Gasteiger partial charge in [-0.3, -0.25) is 4.79 Å². The van der Waals surface area contributed by atoms with E-state index in [9.17, 15) is 13.2 Å². The molecule has 2 aliphatic rings. The van der Waals surface area contributed by atoms with Crippen LogP contribution in [0.15, 0.2) is 23.1 Å². The number of nitrogens with one attached hydrogen (secondary N) is 2. The lowest BCUT2D eigenvalue weighted by Gasteiger charge is -2.21. The van der Waals surface area contributed by atoms with Crippen molar-refractivity contribution in [3.8, 4) is 0 Å². The lowest BCUT2D eigenvalue weighted by Crippen LogP contribution is -2.30. The predicted molar refractivity (Wildman–Crippen MR) is 80.5 cm³/mol. The minimum Gasteiger partial charge on any atom is -0.326 e. The number of carbonyl (C=O) groups excluding carboxylic acids is 1. The van der Waals surface area contributed by atoms with Crippen molar-refractivity contribution < 1.29 is 13.2 Å². The van der Waals surface area contributed by atoms with Crippen molar-refractivity contribution in [2.24, 2.45) is 5.92 Å². The number of fused-ring (bicyclic) bond motifs is 1. The van der Waals surface area contributed by atoms with Gasteiger partial charge in [-0.1, -0.05) is 19.3 Å². The van der Waals surface area contributed by atoms with Gasteiger partial charge >= 0.3 is 0 Å². The monoisotopic (exact) mass is 308 g/mol. The number of sulfonamides is 1. The van der Waals surface area contributed by atoms with Crippen LogP contribution in [0.2, 0.25) is 0 Å². The zero-order chi connectivity index (χ0) is 14.9. The molecule has 0 aromatic heterocycles. The molecule has 1 fully saturated rings. The maximum absolute atomic E-state index is 12.3. The summed E-state index contributed by atoms with van der Waals surface area (Å²) in [6.07, 6.45) is 6.10. The molecular weight excluding hydrogens is 288 g/mol. The SMILES string of the molecule is O=C1Cc2cc(S(=O)(=O)NCC3CCCCC3)ccc2N1. The third-order valence-corrected chi connectivity index (χ3v) is 5.72. The molecule has 0 atom stereocenters. The molecule has 1 aliphatic heterocycles. The standard InChI is InChI=1S/C15H20N2O3S/c18-15-9-12-8-13(6-7-14(12)17-15)21(19,20)16-10-11-4-2-1-3-5-11/h6-8,11,16H,1-5,9-10H2,(H,17,18). The van der Waals surface area contributed by atoms with Crippen molar-refractivity contribution >= 4 is 21.6 Å². The number of benzene rings is 1. The minimum absolute atomic E-state index is 0.0882. The molecule has 1 aliphatic carbocycles. The highest BCUT2D eigenvalue weighted by Crippen LogP contribution is 2.26. The van der Waals surface area contributed by atoms with Gasteiger partial charge in [0.15, 0.2) is 0 Å². The predicted octanol–water partition coefficient (Wildman–Crippen LogP) is 2.04. The molecule has 0 bridgehead atoms. The molecule has 0 saturated heterocycles. The molecule has 0 radical (unpaired) electrons. The molecule has 5 nitrogen and oxygen atoms in total. The molecule has 114 valence electrons. The van der Waals surface area contributed by atoms with Gasteiger partial charge in [-0.05, 0) is 42.5 Å². The summed E-state index contributed by atoms with van der Waals surface area (Å²) in [5, 5.41) is 2.71. The van der Waals surface area contributed by atoms with E-state index in [0.717, 1.165) is 18.4 Å². The molecule has 2 N–H and O–H groups in total. The molecular formula is C15H20N2O3S. The lowest BCUT2D eigenvalue weighted by molar-refractivity contribution is -0.115. The Morgan fingerprint density at radius 1 is 1.19 bits per heavy atom. The molecule has 1 heterocycles. The highest BCUT2D eigenvalue weighted by molar-refractivity contribution is 7.89. The van der Waals surface area contributed by atoms with Crippen LogP contribution in [0.1, 0.15) is 37.7 Å². The van der Waals surface area contributed by atoms with Gasteiger partial charge < -0.3 is 5.32 Å². The van der Waals surface area contributed by atoms with Crippen molar-refractivity contribution in [3.05, 3.63) is 23.8 Å². The molecule has 1 aromatic carbocycles. The fourth-order valence-corrected chi connectivity index (χ4v) is 4.24. The van der Waals surface area contributed by atoms with E-state index in [1.165, 1.54) is 19.3 Å². The summed E-state index contributed by atoms with van der Waals surface area (Å²) in [4.78, 5) is 11.6. The number of carbonyl (C=O) groups is 1. The van der Waals surface area contributed by atoms with E-state index < -0.39 is 10.0 Å². The van der Waals surface area contributed by atoms with Crippen molar-refractivity contribution in [2.75, 3.05) is 11.9 Å². The molecule has 1 aromatic rings. The third-order valence-electron chi connectivity index (χ3n) is 4.30. The Morgan fingerprint density at radius 3 is 2.71 bits per heavy atom.